The van der Waals surface area contributed by atoms with E-state index in [0.29, 0.717) is 5.56 Å². The van der Waals surface area contributed by atoms with Crippen molar-refractivity contribution in [3.8, 4) is 5.75 Å². The van der Waals surface area contributed by atoms with E-state index >= 15 is 0 Å². The lowest BCUT2D eigenvalue weighted by Gasteiger charge is -2.15. The summed E-state index contributed by atoms with van der Waals surface area (Å²) in [6.07, 6.45) is -0.792. The summed E-state index contributed by atoms with van der Waals surface area (Å²) in [7, 11) is -2.86. The fourth-order valence-corrected chi connectivity index (χ4v) is 5.37. The first-order chi connectivity index (χ1) is 19.5. The zero-order valence-corrected chi connectivity index (χ0v) is 23.0. The maximum atomic E-state index is 13.0. The number of carboxylic acid groups (broad SMARTS) is 1. The van der Waals surface area contributed by atoms with Crippen LogP contribution in [0, 0.1) is 0 Å². The molecule has 4 N–H and O–H groups in total. The van der Waals surface area contributed by atoms with E-state index in [1.165, 1.54) is 36.4 Å². The van der Waals surface area contributed by atoms with Crippen molar-refractivity contribution in [3.05, 3.63) is 93.0 Å². The van der Waals surface area contributed by atoms with Gasteiger partial charge in [0.15, 0.2) is 11.5 Å². The molecule has 0 bridgehead atoms. The molecule has 1 aliphatic rings. The summed E-state index contributed by atoms with van der Waals surface area (Å²) >= 11 is 12.5. The molecule has 1 aliphatic heterocycles. The number of ketones is 1. The second-order valence-electron chi connectivity index (χ2n) is 8.70. The molecular formula is C27H19Cl2N3O8S. The summed E-state index contributed by atoms with van der Waals surface area (Å²) in [5.41, 5.74) is 0.255. The van der Waals surface area contributed by atoms with E-state index in [1.807, 2.05) is 0 Å². The summed E-state index contributed by atoms with van der Waals surface area (Å²) in [5.74, 6) is -4.10. The summed E-state index contributed by atoms with van der Waals surface area (Å²) in [6.45, 7) is 0.0819. The van der Waals surface area contributed by atoms with Gasteiger partial charge in [-0.2, -0.15) is 8.42 Å². The molecule has 1 unspecified atom stereocenters. The van der Waals surface area contributed by atoms with Crippen LogP contribution in [0.4, 0.5) is 5.69 Å². The van der Waals surface area contributed by atoms with Crippen molar-refractivity contribution in [1.82, 2.24) is 10.6 Å². The smallest absolute Gasteiger partial charge is 0.326 e. The molecule has 11 nitrogen and oxygen atoms in total. The number of carboxylic acids is 1. The van der Waals surface area contributed by atoms with E-state index in [1.54, 1.807) is 24.3 Å². The van der Waals surface area contributed by atoms with Gasteiger partial charge >= 0.3 is 5.97 Å². The first-order valence-corrected chi connectivity index (χ1v) is 13.6. The molecule has 41 heavy (non-hydrogen) atoms. The Balaban J connectivity index is 1.49. The predicted octanol–water partition coefficient (Wildman–Crippen LogP) is 2.96. The number of nitrogens with zero attached hydrogens (tertiary/aromatic N) is 1. The number of carbonyl (C=O) groups is 4. The number of phenols is 1. The van der Waals surface area contributed by atoms with Crippen molar-refractivity contribution in [3.63, 3.8) is 0 Å². The molecular weight excluding hydrogens is 597 g/mol. The molecule has 1 heterocycles. The Morgan fingerprint density at radius 3 is 2.24 bits per heavy atom. The van der Waals surface area contributed by atoms with Gasteiger partial charge in [0, 0.05) is 24.1 Å². The Morgan fingerprint density at radius 1 is 0.927 bits per heavy atom. The fraction of sp³-hybridized carbons (Fsp3) is 0.111. The number of phenolic OH excluding ortho intramolecular Hbond substituents is 1. The Kier molecular flexibility index (Phi) is 8.86. The van der Waals surface area contributed by atoms with Gasteiger partial charge in [0.2, 0.25) is 10.3 Å². The molecule has 210 valence electrons. The van der Waals surface area contributed by atoms with Gasteiger partial charge < -0.3 is 20.8 Å². The number of rotatable bonds is 9. The highest BCUT2D eigenvalue weighted by atomic mass is 35.5. The average Bonchev–Trinajstić information content (AvgIpc) is 3.31. The van der Waals surface area contributed by atoms with Crippen molar-refractivity contribution < 1.29 is 37.8 Å². The topological polar surface area (TPSA) is 179 Å². The third-order valence-electron chi connectivity index (χ3n) is 5.92. The predicted molar refractivity (Wildman–Crippen MR) is 151 cm³/mol. The molecule has 14 heteroatoms. The van der Waals surface area contributed by atoms with Gasteiger partial charge in [0.1, 0.15) is 16.7 Å². The van der Waals surface area contributed by atoms with Gasteiger partial charge in [-0.05, 0) is 35.9 Å². The molecule has 0 radical (unpaired) electrons. The van der Waals surface area contributed by atoms with Crippen molar-refractivity contribution in [2.24, 2.45) is 4.99 Å². The molecule has 2 amide bonds. The maximum absolute atomic E-state index is 13.0. The lowest BCUT2D eigenvalue weighted by atomic mass is 10.0. The lowest BCUT2D eigenvalue weighted by Crippen LogP contribution is -2.46. The van der Waals surface area contributed by atoms with Gasteiger partial charge in [-0.15, -0.1) is 0 Å². The molecule has 1 atom stereocenters. The normalized spacial score (nSPS) is 12.6. The highest BCUT2D eigenvalue weighted by molar-refractivity contribution is 7.76. The van der Waals surface area contributed by atoms with E-state index in [2.05, 4.69) is 15.6 Å². The third kappa shape index (κ3) is 6.62. The minimum Gasteiger partial charge on any atom is -0.508 e. The minimum absolute atomic E-state index is 0.0206. The second-order valence-corrected chi connectivity index (χ2v) is 10.4. The minimum atomic E-state index is -2.86. The Bertz CT molecular complexity index is 1760. The number of amides is 2. The van der Waals surface area contributed by atoms with Crippen molar-refractivity contribution in [2.45, 2.75) is 19.0 Å². The van der Waals surface area contributed by atoms with E-state index < -0.39 is 56.9 Å². The van der Waals surface area contributed by atoms with Crippen LogP contribution < -0.4 is 10.6 Å². The zero-order chi connectivity index (χ0) is 29.8. The maximum Gasteiger partial charge on any atom is 0.326 e. The Hall–Kier alpha value is -4.52. The van der Waals surface area contributed by atoms with Crippen LogP contribution in [0.3, 0.4) is 0 Å². The summed E-state index contributed by atoms with van der Waals surface area (Å²) in [6, 6.07) is 12.9. The van der Waals surface area contributed by atoms with Crippen molar-refractivity contribution in [1.29, 1.82) is 0 Å². The Labute approximate surface area is 244 Å². The van der Waals surface area contributed by atoms with Crippen LogP contribution in [0.15, 0.2) is 65.7 Å². The molecule has 0 fully saturated rings. The SMILES string of the molecule is O=C(NC(CC(=O)c1c(Cl)cc(C(=O)NCc2cccc(O)c2)cc1Cl)C(=O)O)C1=Nc2ccccc2C1=S(=O)=O. The Morgan fingerprint density at radius 2 is 1.61 bits per heavy atom. The summed E-state index contributed by atoms with van der Waals surface area (Å²) in [4.78, 5) is 54.0. The number of para-hydroxylation sites is 1. The lowest BCUT2D eigenvalue weighted by molar-refractivity contribution is -0.140. The van der Waals surface area contributed by atoms with E-state index in [0.717, 1.165) is 0 Å². The van der Waals surface area contributed by atoms with E-state index in [-0.39, 0.29) is 44.7 Å². The van der Waals surface area contributed by atoms with Gasteiger partial charge in [-0.1, -0.05) is 53.5 Å². The van der Waals surface area contributed by atoms with Crippen LogP contribution in [0.25, 0.3) is 0 Å². The molecule has 3 aromatic rings. The first-order valence-electron chi connectivity index (χ1n) is 11.7. The molecule has 0 saturated carbocycles. The van der Waals surface area contributed by atoms with E-state index in [9.17, 15) is 37.8 Å². The second kappa shape index (κ2) is 12.3. The number of fused-ring (bicyclic) bond motifs is 1. The van der Waals surface area contributed by atoms with E-state index in [4.69, 9.17) is 23.2 Å². The highest BCUT2D eigenvalue weighted by Gasteiger charge is 2.33. The number of nitrogens with one attached hydrogen (secondary N) is 2. The number of aromatic hydroxyl groups is 1. The number of hydrogen-bond donors (Lipinski definition) is 4. The molecule has 3 aromatic carbocycles. The first kappa shape index (κ1) is 29.5. The summed E-state index contributed by atoms with van der Waals surface area (Å²) in [5, 5.41) is 23.5. The standard InChI is InChI=1S/C27H19Cl2N3O8S/c28-17-9-14(25(35)30-12-13-4-3-5-15(33)8-13)10-18(29)22(17)21(34)11-20(27(37)38)32-26(36)23-24(41(39)40)16-6-1-2-7-19(16)31-23/h1-10,20,33H,11-12H2,(H,30,35)(H,32,36)(H,37,38). The molecule has 0 aromatic heterocycles. The molecule has 0 aliphatic carbocycles. The van der Waals surface area contributed by atoms with Crippen LogP contribution in [0.2, 0.25) is 10.0 Å². The fourth-order valence-electron chi connectivity index (χ4n) is 4.02. The zero-order valence-electron chi connectivity index (χ0n) is 20.7. The quantitative estimate of drug-likeness (QED) is 0.209. The number of aliphatic imine (C=N–C) groups is 1. The molecule has 0 saturated heterocycles. The van der Waals surface area contributed by atoms with Gasteiger partial charge in [-0.3, -0.25) is 14.4 Å². The molecule has 4 rings (SSSR count). The average molecular weight is 616 g/mol. The number of Topliss-reactive ketones (excluding diaryl/α,β-unsaturated/α-hetero) is 1. The van der Waals surface area contributed by atoms with Gasteiger partial charge in [0.25, 0.3) is 11.8 Å². The number of aliphatic carboxylic acids is 1. The number of hydrogen-bond acceptors (Lipinski definition) is 8. The molecule has 0 spiro atoms. The third-order valence-corrected chi connectivity index (χ3v) is 7.26. The van der Waals surface area contributed by atoms with Gasteiger partial charge in [0.05, 0.1) is 21.3 Å². The van der Waals surface area contributed by atoms with Crippen LogP contribution in [-0.4, -0.2) is 58.8 Å². The largest absolute Gasteiger partial charge is 0.508 e. The van der Waals surface area contributed by atoms with Crippen LogP contribution in [0.5, 0.6) is 5.75 Å². The number of benzene rings is 3. The number of carbonyl (C=O) groups excluding carboxylic acids is 3. The van der Waals surface area contributed by atoms with Gasteiger partial charge in [-0.25, -0.2) is 9.79 Å². The van der Waals surface area contributed by atoms with Crippen LogP contribution in [0.1, 0.15) is 38.3 Å². The van der Waals surface area contributed by atoms with Crippen molar-refractivity contribution >= 4 is 73.3 Å². The summed E-state index contributed by atoms with van der Waals surface area (Å²) < 4.78 is 23.6. The number of halogens is 2. The monoisotopic (exact) mass is 615 g/mol. The van der Waals surface area contributed by atoms with Crippen molar-refractivity contribution in [2.75, 3.05) is 0 Å². The van der Waals surface area contributed by atoms with Crippen LogP contribution >= 0.6 is 23.2 Å². The van der Waals surface area contributed by atoms with Crippen LogP contribution in [-0.2, 0) is 26.4 Å². The highest BCUT2D eigenvalue weighted by Crippen LogP contribution is 2.29.